The van der Waals surface area contributed by atoms with Crippen molar-refractivity contribution in [3.05, 3.63) is 41.5 Å². The lowest BCUT2D eigenvalue weighted by Crippen LogP contribution is -2.33. The minimum absolute atomic E-state index is 0.159. The lowest BCUT2D eigenvalue weighted by molar-refractivity contribution is 0.446. The summed E-state index contributed by atoms with van der Waals surface area (Å²) in [5, 5.41) is 0. The van der Waals surface area contributed by atoms with Crippen molar-refractivity contribution in [1.29, 1.82) is 0 Å². The second-order valence-corrected chi connectivity index (χ2v) is 8.41. The van der Waals surface area contributed by atoms with Gasteiger partial charge in [0, 0.05) is 13.1 Å². The predicted molar refractivity (Wildman–Crippen MR) is 84.2 cm³/mol. The summed E-state index contributed by atoms with van der Waals surface area (Å²) in [5.41, 5.74) is 3.92. The van der Waals surface area contributed by atoms with E-state index in [1.165, 1.54) is 27.3 Å². The lowest BCUT2D eigenvalue weighted by atomic mass is 9.86. The first-order valence-electron chi connectivity index (χ1n) is 6.93. The molecule has 3 nitrogen and oxygen atoms in total. The topological polar surface area (TPSA) is 37.4 Å². The molecule has 1 aromatic carbocycles. The highest BCUT2D eigenvalue weighted by Crippen LogP contribution is 2.27. The summed E-state index contributed by atoms with van der Waals surface area (Å²) in [4.78, 5) is 0. The molecule has 0 aromatic heterocycles. The molecular weight excluding hydrogens is 270 g/mol. The number of hydrogen-bond acceptors (Lipinski definition) is 2. The van der Waals surface area contributed by atoms with Gasteiger partial charge in [0.1, 0.15) is 0 Å². The summed E-state index contributed by atoms with van der Waals surface area (Å²) in [6.45, 7) is 7.66. The van der Waals surface area contributed by atoms with Crippen LogP contribution in [0.3, 0.4) is 0 Å². The Bertz CT molecular complexity index is 607. The Morgan fingerprint density at radius 2 is 1.70 bits per heavy atom. The van der Waals surface area contributed by atoms with Crippen LogP contribution in [0.2, 0.25) is 0 Å². The van der Waals surface area contributed by atoms with E-state index in [1.54, 1.807) is 0 Å². The zero-order valence-electron chi connectivity index (χ0n) is 12.7. The van der Waals surface area contributed by atoms with Crippen LogP contribution in [0.15, 0.2) is 30.3 Å². The smallest absolute Gasteiger partial charge is 0.211 e. The molecule has 20 heavy (non-hydrogen) atoms. The van der Waals surface area contributed by atoms with Crippen LogP contribution in [-0.4, -0.2) is 32.1 Å². The molecule has 0 fully saturated rings. The molecule has 110 valence electrons. The molecule has 0 atom stereocenters. The van der Waals surface area contributed by atoms with Crippen molar-refractivity contribution >= 4 is 15.6 Å². The first-order chi connectivity index (χ1) is 9.18. The minimum atomic E-state index is -3.07. The number of sulfonamides is 1. The predicted octanol–water partition coefficient (Wildman–Crippen LogP) is 3.03. The van der Waals surface area contributed by atoms with Gasteiger partial charge in [-0.3, -0.25) is 0 Å². The Labute approximate surface area is 122 Å². The largest absolute Gasteiger partial charge is 0.212 e. The van der Waals surface area contributed by atoms with E-state index >= 15 is 0 Å². The summed E-state index contributed by atoms with van der Waals surface area (Å²) < 4.78 is 24.5. The van der Waals surface area contributed by atoms with Crippen LogP contribution in [-0.2, 0) is 15.4 Å². The third-order valence-corrected chi connectivity index (χ3v) is 5.03. The molecule has 0 unspecified atom stereocenters. The van der Waals surface area contributed by atoms with Crippen molar-refractivity contribution in [3.8, 4) is 0 Å². The SMILES string of the molecule is CC(C)(C)c1ccc(C2=CCN(S(C)(=O)=O)CC2)cc1. The number of benzene rings is 1. The van der Waals surface area contributed by atoms with Crippen molar-refractivity contribution in [1.82, 2.24) is 4.31 Å². The van der Waals surface area contributed by atoms with Gasteiger partial charge in [0.15, 0.2) is 0 Å². The van der Waals surface area contributed by atoms with E-state index in [1.807, 2.05) is 6.08 Å². The summed E-state index contributed by atoms with van der Waals surface area (Å²) >= 11 is 0. The molecule has 0 saturated heterocycles. The molecule has 1 aliphatic rings. The fourth-order valence-electron chi connectivity index (χ4n) is 2.40. The maximum absolute atomic E-state index is 11.5. The molecule has 0 aliphatic carbocycles. The van der Waals surface area contributed by atoms with Crippen LogP contribution in [0.1, 0.15) is 38.3 Å². The first-order valence-corrected chi connectivity index (χ1v) is 8.78. The van der Waals surface area contributed by atoms with Gasteiger partial charge < -0.3 is 0 Å². The lowest BCUT2D eigenvalue weighted by Gasteiger charge is -2.25. The van der Waals surface area contributed by atoms with E-state index in [9.17, 15) is 8.42 Å². The first kappa shape index (κ1) is 15.3. The highest BCUT2D eigenvalue weighted by molar-refractivity contribution is 7.88. The van der Waals surface area contributed by atoms with Crippen molar-refractivity contribution < 1.29 is 8.42 Å². The molecule has 1 aliphatic heterocycles. The monoisotopic (exact) mass is 293 g/mol. The van der Waals surface area contributed by atoms with Crippen LogP contribution in [0.4, 0.5) is 0 Å². The fourth-order valence-corrected chi connectivity index (χ4v) is 3.17. The Morgan fingerprint density at radius 1 is 1.10 bits per heavy atom. The molecule has 0 amide bonds. The average Bonchev–Trinajstić information content (AvgIpc) is 2.37. The fraction of sp³-hybridized carbons (Fsp3) is 0.500. The van der Waals surface area contributed by atoms with Crippen LogP contribution >= 0.6 is 0 Å². The van der Waals surface area contributed by atoms with E-state index in [4.69, 9.17) is 0 Å². The van der Waals surface area contributed by atoms with Gasteiger partial charge in [-0.15, -0.1) is 0 Å². The molecule has 4 heteroatoms. The van der Waals surface area contributed by atoms with Gasteiger partial charge >= 0.3 is 0 Å². The summed E-state index contributed by atoms with van der Waals surface area (Å²) in [7, 11) is -3.07. The molecule has 1 heterocycles. The van der Waals surface area contributed by atoms with Gasteiger partial charge in [-0.1, -0.05) is 51.1 Å². The van der Waals surface area contributed by atoms with Gasteiger partial charge in [0.2, 0.25) is 10.0 Å². The zero-order chi connectivity index (χ0) is 15.0. The van der Waals surface area contributed by atoms with Crippen LogP contribution in [0, 0.1) is 0 Å². The summed E-state index contributed by atoms with van der Waals surface area (Å²) in [6.07, 6.45) is 4.07. The Balaban J connectivity index is 2.16. The molecular formula is C16H23NO2S. The maximum atomic E-state index is 11.5. The molecule has 0 bridgehead atoms. The average molecular weight is 293 g/mol. The molecule has 0 saturated carbocycles. The third-order valence-electron chi connectivity index (χ3n) is 3.76. The van der Waals surface area contributed by atoms with Crippen molar-refractivity contribution in [2.75, 3.05) is 19.3 Å². The minimum Gasteiger partial charge on any atom is -0.212 e. The van der Waals surface area contributed by atoms with Gasteiger partial charge in [0.25, 0.3) is 0 Å². The Hall–Kier alpha value is -1.13. The van der Waals surface area contributed by atoms with E-state index < -0.39 is 10.0 Å². The highest BCUT2D eigenvalue weighted by atomic mass is 32.2. The molecule has 0 N–H and O–H groups in total. The second-order valence-electron chi connectivity index (χ2n) is 6.43. The Kier molecular flexibility index (Phi) is 4.07. The molecule has 0 radical (unpaired) electrons. The normalized spacial score (nSPS) is 17.9. The molecule has 1 aromatic rings. The third kappa shape index (κ3) is 3.49. The van der Waals surface area contributed by atoms with Crippen LogP contribution in [0.25, 0.3) is 5.57 Å². The van der Waals surface area contributed by atoms with Gasteiger partial charge in [-0.25, -0.2) is 8.42 Å². The number of nitrogens with zero attached hydrogens (tertiary/aromatic N) is 1. The zero-order valence-corrected chi connectivity index (χ0v) is 13.5. The van der Waals surface area contributed by atoms with Crippen molar-refractivity contribution in [3.63, 3.8) is 0 Å². The molecule has 0 spiro atoms. The Morgan fingerprint density at radius 3 is 2.10 bits per heavy atom. The van der Waals surface area contributed by atoms with Gasteiger partial charge in [0.05, 0.1) is 6.26 Å². The molecule has 2 rings (SSSR count). The summed E-state index contributed by atoms with van der Waals surface area (Å²) in [6, 6.07) is 8.61. The standard InChI is InChI=1S/C16H23NO2S/c1-16(2,3)15-7-5-13(6-8-15)14-9-11-17(12-10-14)20(4,18)19/h5-9H,10-12H2,1-4H3. The van der Waals surface area contributed by atoms with Crippen LogP contribution < -0.4 is 0 Å². The van der Waals surface area contributed by atoms with Crippen molar-refractivity contribution in [2.45, 2.75) is 32.6 Å². The highest BCUT2D eigenvalue weighted by Gasteiger charge is 2.20. The van der Waals surface area contributed by atoms with E-state index in [2.05, 4.69) is 45.0 Å². The van der Waals surface area contributed by atoms with E-state index in [-0.39, 0.29) is 5.41 Å². The maximum Gasteiger partial charge on any atom is 0.211 e. The van der Waals surface area contributed by atoms with E-state index in [0.717, 1.165) is 6.42 Å². The van der Waals surface area contributed by atoms with Gasteiger partial charge in [-0.2, -0.15) is 4.31 Å². The quantitative estimate of drug-likeness (QED) is 0.840. The second kappa shape index (κ2) is 5.34. The van der Waals surface area contributed by atoms with E-state index in [0.29, 0.717) is 13.1 Å². The summed E-state index contributed by atoms with van der Waals surface area (Å²) in [5.74, 6) is 0. The number of hydrogen-bond donors (Lipinski definition) is 0. The van der Waals surface area contributed by atoms with Crippen molar-refractivity contribution in [2.24, 2.45) is 0 Å². The number of rotatable bonds is 2. The van der Waals surface area contributed by atoms with Crippen LogP contribution in [0.5, 0.6) is 0 Å². The van der Waals surface area contributed by atoms with Gasteiger partial charge in [-0.05, 0) is 28.5 Å².